The zero-order chi connectivity index (χ0) is 9.15. The van der Waals surface area contributed by atoms with Crippen LogP contribution in [0.3, 0.4) is 0 Å². The maximum Gasteiger partial charge on any atom is 0.0105 e. The first-order valence-corrected chi connectivity index (χ1v) is 5.77. The lowest BCUT2D eigenvalue weighted by Gasteiger charge is -2.39. The maximum atomic E-state index is 5.56. The van der Waals surface area contributed by atoms with Gasteiger partial charge in [-0.2, -0.15) is 0 Å². The van der Waals surface area contributed by atoms with Gasteiger partial charge in [0.05, 0.1) is 0 Å². The summed E-state index contributed by atoms with van der Waals surface area (Å²) in [4.78, 5) is 2.53. The number of rotatable bonds is 2. The minimum Gasteiger partial charge on any atom is -0.329 e. The van der Waals surface area contributed by atoms with Crippen molar-refractivity contribution in [3.63, 3.8) is 0 Å². The Bertz CT molecular complexity index is 151. The van der Waals surface area contributed by atoms with E-state index in [2.05, 4.69) is 4.90 Å². The molecule has 2 heteroatoms. The van der Waals surface area contributed by atoms with Crippen LogP contribution in [-0.2, 0) is 0 Å². The smallest absolute Gasteiger partial charge is 0.0105 e. The van der Waals surface area contributed by atoms with Gasteiger partial charge in [-0.05, 0) is 44.2 Å². The van der Waals surface area contributed by atoms with Gasteiger partial charge in [0.15, 0.2) is 0 Å². The van der Waals surface area contributed by atoms with E-state index in [0.717, 1.165) is 18.5 Å². The van der Waals surface area contributed by atoms with Gasteiger partial charge in [0.25, 0.3) is 0 Å². The summed E-state index contributed by atoms with van der Waals surface area (Å²) in [6.45, 7) is 4.54. The van der Waals surface area contributed by atoms with E-state index in [1.54, 1.807) is 0 Å². The molecule has 2 N–H and O–H groups in total. The highest BCUT2D eigenvalue weighted by atomic mass is 15.1. The van der Waals surface area contributed by atoms with Crippen LogP contribution in [0, 0.1) is 5.41 Å². The van der Waals surface area contributed by atoms with Crippen molar-refractivity contribution in [3.8, 4) is 0 Å². The van der Waals surface area contributed by atoms with E-state index in [9.17, 15) is 0 Å². The van der Waals surface area contributed by atoms with Crippen LogP contribution in [-0.4, -0.2) is 31.1 Å². The molecule has 13 heavy (non-hydrogen) atoms. The number of hydrogen-bond acceptors (Lipinski definition) is 2. The van der Waals surface area contributed by atoms with Crippen molar-refractivity contribution in [2.75, 3.05) is 26.2 Å². The van der Waals surface area contributed by atoms with E-state index < -0.39 is 0 Å². The summed E-state index contributed by atoms with van der Waals surface area (Å²) < 4.78 is 0. The van der Waals surface area contributed by atoms with E-state index in [1.165, 1.54) is 51.6 Å². The maximum absolute atomic E-state index is 5.56. The lowest BCUT2D eigenvalue weighted by atomic mass is 9.77. The van der Waals surface area contributed by atoms with Gasteiger partial charge in [-0.1, -0.05) is 12.8 Å². The Morgan fingerprint density at radius 3 is 2.15 bits per heavy atom. The molecule has 0 atom stereocenters. The van der Waals surface area contributed by atoms with Crippen molar-refractivity contribution in [3.05, 3.63) is 0 Å². The quantitative estimate of drug-likeness (QED) is 0.703. The molecule has 76 valence electrons. The van der Waals surface area contributed by atoms with Gasteiger partial charge < -0.3 is 10.6 Å². The topological polar surface area (TPSA) is 29.3 Å². The monoisotopic (exact) mass is 182 g/mol. The van der Waals surface area contributed by atoms with E-state index >= 15 is 0 Å². The molecule has 1 saturated carbocycles. The van der Waals surface area contributed by atoms with Crippen LogP contribution in [0.5, 0.6) is 0 Å². The highest BCUT2D eigenvalue weighted by molar-refractivity contribution is 4.89. The molecule has 1 aliphatic heterocycles. The third-order valence-electron chi connectivity index (χ3n) is 4.03. The fraction of sp³-hybridized carbons (Fsp3) is 1.00. The molecular weight excluding hydrogens is 160 g/mol. The van der Waals surface area contributed by atoms with Gasteiger partial charge >= 0.3 is 0 Å². The molecule has 0 aromatic carbocycles. The van der Waals surface area contributed by atoms with Crippen LogP contribution in [0.15, 0.2) is 0 Å². The summed E-state index contributed by atoms with van der Waals surface area (Å²) in [5.74, 6) is 0. The Morgan fingerprint density at radius 2 is 1.62 bits per heavy atom. The van der Waals surface area contributed by atoms with Gasteiger partial charge in [0, 0.05) is 13.1 Å². The molecule has 0 amide bonds. The van der Waals surface area contributed by atoms with Crippen LogP contribution >= 0.6 is 0 Å². The molecule has 0 radical (unpaired) electrons. The number of nitrogens with two attached hydrogens (primary N) is 1. The van der Waals surface area contributed by atoms with E-state index in [-0.39, 0.29) is 0 Å². The first-order chi connectivity index (χ1) is 6.35. The third-order valence-corrected chi connectivity index (χ3v) is 4.03. The Labute approximate surface area is 81.5 Å². The third kappa shape index (κ3) is 2.05. The number of hydrogen-bond donors (Lipinski definition) is 1. The Balaban J connectivity index is 1.81. The summed E-state index contributed by atoms with van der Waals surface area (Å²) in [7, 11) is 0. The molecule has 2 rings (SSSR count). The summed E-state index contributed by atoms with van der Waals surface area (Å²) in [6.07, 6.45) is 8.85. The van der Waals surface area contributed by atoms with Crippen LogP contribution in [0.1, 0.15) is 38.5 Å². The van der Waals surface area contributed by atoms with Gasteiger partial charge in [0.2, 0.25) is 0 Å². The molecule has 0 aromatic rings. The summed E-state index contributed by atoms with van der Waals surface area (Å²) in [5.41, 5.74) is 6.33. The first-order valence-electron chi connectivity index (χ1n) is 5.77. The van der Waals surface area contributed by atoms with Crippen molar-refractivity contribution >= 4 is 0 Å². The van der Waals surface area contributed by atoms with E-state index in [1.807, 2.05) is 0 Å². The first kappa shape index (κ1) is 9.47. The predicted octanol–water partition coefficient (Wildman–Crippen LogP) is 1.60. The highest BCUT2D eigenvalue weighted by Gasteiger charge is 2.36. The van der Waals surface area contributed by atoms with Crippen LogP contribution in [0.4, 0.5) is 0 Å². The van der Waals surface area contributed by atoms with Crippen LogP contribution in [0.25, 0.3) is 0 Å². The molecule has 1 spiro atoms. The second-order valence-electron chi connectivity index (χ2n) is 4.84. The van der Waals surface area contributed by atoms with E-state index in [0.29, 0.717) is 0 Å². The van der Waals surface area contributed by atoms with E-state index in [4.69, 9.17) is 5.73 Å². The van der Waals surface area contributed by atoms with Gasteiger partial charge in [-0.25, -0.2) is 0 Å². The predicted molar refractivity (Wildman–Crippen MR) is 55.6 cm³/mol. The summed E-state index contributed by atoms with van der Waals surface area (Å²) >= 11 is 0. The molecule has 0 aromatic heterocycles. The van der Waals surface area contributed by atoms with Crippen molar-refractivity contribution in [2.24, 2.45) is 11.1 Å². The van der Waals surface area contributed by atoms with Gasteiger partial charge in [-0.15, -0.1) is 0 Å². The molecule has 1 aliphatic carbocycles. The van der Waals surface area contributed by atoms with Crippen LogP contribution in [0.2, 0.25) is 0 Å². The lowest BCUT2D eigenvalue weighted by molar-refractivity contribution is 0.111. The molecule has 1 saturated heterocycles. The fourth-order valence-corrected chi connectivity index (χ4v) is 3.06. The molecule has 2 fully saturated rings. The summed E-state index contributed by atoms with van der Waals surface area (Å²) in [5, 5.41) is 0. The molecule has 0 bridgehead atoms. The van der Waals surface area contributed by atoms with Crippen molar-refractivity contribution < 1.29 is 0 Å². The zero-order valence-corrected chi connectivity index (χ0v) is 8.60. The molecular formula is C11H22N2. The number of likely N-dealkylation sites (tertiary alicyclic amines) is 1. The molecule has 0 unspecified atom stereocenters. The van der Waals surface area contributed by atoms with Crippen molar-refractivity contribution in [2.45, 2.75) is 38.5 Å². The normalized spacial score (nSPS) is 28.4. The van der Waals surface area contributed by atoms with Crippen molar-refractivity contribution in [1.29, 1.82) is 0 Å². The minimum absolute atomic E-state index is 0.769. The van der Waals surface area contributed by atoms with Gasteiger partial charge in [-0.3, -0.25) is 0 Å². The second kappa shape index (κ2) is 3.97. The standard InChI is InChI=1S/C11H22N2/c12-7-10-13-8-5-11(6-9-13)3-1-2-4-11/h1-10,12H2. The number of piperidine rings is 1. The summed E-state index contributed by atoms with van der Waals surface area (Å²) in [6, 6.07) is 0. The molecule has 1 heterocycles. The van der Waals surface area contributed by atoms with Crippen molar-refractivity contribution in [1.82, 2.24) is 4.90 Å². The minimum atomic E-state index is 0.769. The fourth-order valence-electron chi connectivity index (χ4n) is 3.06. The Kier molecular flexibility index (Phi) is 2.89. The largest absolute Gasteiger partial charge is 0.329 e. The molecule has 2 nitrogen and oxygen atoms in total. The van der Waals surface area contributed by atoms with Gasteiger partial charge in [0.1, 0.15) is 0 Å². The lowest BCUT2D eigenvalue weighted by Crippen LogP contribution is -2.41. The average Bonchev–Trinajstić information content (AvgIpc) is 2.59. The second-order valence-corrected chi connectivity index (χ2v) is 4.84. The Morgan fingerprint density at radius 1 is 1.00 bits per heavy atom. The van der Waals surface area contributed by atoms with Crippen LogP contribution < -0.4 is 5.73 Å². The Hall–Kier alpha value is -0.0800. The SMILES string of the molecule is NCCN1CCC2(CCCC2)CC1. The highest BCUT2D eigenvalue weighted by Crippen LogP contribution is 2.45. The zero-order valence-electron chi connectivity index (χ0n) is 8.60. The number of nitrogens with zero attached hydrogens (tertiary/aromatic N) is 1. The molecule has 2 aliphatic rings. The average molecular weight is 182 g/mol.